The molecule has 5 nitrogen and oxygen atoms in total. The topological polar surface area (TPSA) is 61.8 Å². The van der Waals surface area contributed by atoms with E-state index in [0.29, 0.717) is 36.9 Å². The summed E-state index contributed by atoms with van der Waals surface area (Å²) >= 11 is 0. The molecule has 0 radical (unpaired) electrons. The molecule has 0 aromatic heterocycles. The summed E-state index contributed by atoms with van der Waals surface area (Å²) in [5.74, 6) is 1.92. The van der Waals surface area contributed by atoms with E-state index in [1.165, 1.54) is 24.0 Å². The molecular weight excluding hydrogens is 352 g/mol. The quantitative estimate of drug-likeness (QED) is 0.818. The number of benzene rings is 1. The number of hydrogen-bond acceptors (Lipinski definition) is 4. The maximum absolute atomic E-state index is 13.2. The Morgan fingerprint density at radius 2 is 2.00 bits per heavy atom. The van der Waals surface area contributed by atoms with Gasteiger partial charge in [-0.25, -0.2) is 0 Å². The third-order valence-corrected chi connectivity index (χ3v) is 7.79. The van der Waals surface area contributed by atoms with Gasteiger partial charge in [0.25, 0.3) is 0 Å². The van der Waals surface area contributed by atoms with Crippen LogP contribution in [0.2, 0.25) is 0 Å². The van der Waals surface area contributed by atoms with Gasteiger partial charge < -0.3 is 20.1 Å². The first-order valence-corrected chi connectivity index (χ1v) is 10.9. The van der Waals surface area contributed by atoms with Crippen molar-refractivity contribution < 1.29 is 14.6 Å². The number of ether oxygens (including phenoxy) is 1. The fraction of sp³-hybridized carbons (Fsp3) is 0.696. The predicted molar refractivity (Wildman–Crippen MR) is 107 cm³/mol. The molecular formula is C23H32N2O3. The molecule has 1 heterocycles. The smallest absolute Gasteiger partial charge is 0.237 e. The number of methoxy groups -OCH3 is 1. The van der Waals surface area contributed by atoms with Crippen molar-refractivity contribution in [1.29, 1.82) is 0 Å². The molecule has 5 heteroatoms. The van der Waals surface area contributed by atoms with Crippen molar-refractivity contribution in [3.05, 3.63) is 35.4 Å². The van der Waals surface area contributed by atoms with Crippen molar-refractivity contribution in [1.82, 2.24) is 10.2 Å². The Morgan fingerprint density at radius 1 is 1.25 bits per heavy atom. The lowest BCUT2D eigenvalue weighted by Crippen LogP contribution is -2.61. The van der Waals surface area contributed by atoms with E-state index in [4.69, 9.17) is 4.74 Å². The number of nitrogens with zero attached hydrogens (tertiary/aromatic N) is 1. The predicted octanol–water partition coefficient (Wildman–Crippen LogP) is 2.29. The van der Waals surface area contributed by atoms with Crippen molar-refractivity contribution >= 4 is 5.91 Å². The van der Waals surface area contributed by atoms with Crippen LogP contribution >= 0.6 is 0 Å². The summed E-state index contributed by atoms with van der Waals surface area (Å²) in [4.78, 5) is 15.2. The number of hydrogen-bond donors (Lipinski definition) is 2. The standard InChI is InChI=1S/C23H32N2O3/c1-28-14-20-19-5-3-2-4-16(19)6-7-25(20)21(26)13-24-22-17-8-15-9-18(22)12-23(27,10-15)11-17/h2-5,15,17-18,20,22,24,27H,6-14H2,1H3. The fourth-order valence-corrected chi connectivity index (χ4v) is 6.91. The average Bonchev–Trinajstić information content (AvgIpc) is 2.66. The molecule has 0 saturated heterocycles. The lowest BCUT2D eigenvalue weighted by atomic mass is 9.52. The zero-order valence-electron chi connectivity index (χ0n) is 16.8. The Balaban J connectivity index is 1.26. The highest BCUT2D eigenvalue weighted by Crippen LogP contribution is 2.55. The Bertz CT molecular complexity index is 735. The number of carbonyl (C=O) groups is 1. The van der Waals surface area contributed by atoms with Crippen LogP contribution in [0.1, 0.15) is 49.3 Å². The number of fused-ring (bicyclic) bond motifs is 1. The van der Waals surface area contributed by atoms with Crippen molar-refractivity contribution in [3.63, 3.8) is 0 Å². The summed E-state index contributed by atoms with van der Waals surface area (Å²) in [6.07, 6.45) is 6.16. The highest BCUT2D eigenvalue weighted by molar-refractivity contribution is 5.79. The molecule has 1 aromatic rings. The highest BCUT2D eigenvalue weighted by Gasteiger charge is 2.54. The Hall–Kier alpha value is -1.43. The van der Waals surface area contributed by atoms with Crippen molar-refractivity contribution in [3.8, 4) is 0 Å². The lowest BCUT2D eigenvalue weighted by molar-refractivity contribution is -0.143. The second-order valence-corrected chi connectivity index (χ2v) is 9.61. The van der Waals surface area contributed by atoms with Crippen LogP contribution in [0.3, 0.4) is 0 Å². The summed E-state index contributed by atoms with van der Waals surface area (Å²) in [7, 11) is 1.71. The fourth-order valence-electron chi connectivity index (χ4n) is 6.91. The van der Waals surface area contributed by atoms with Crippen LogP contribution in [-0.4, -0.2) is 54.4 Å². The Morgan fingerprint density at radius 3 is 2.71 bits per heavy atom. The number of nitrogens with one attached hydrogen (secondary N) is 1. The van der Waals surface area contributed by atoms with E-state index in [1.54, 1.807) is 7.11 Å². The molecule has 0 spiro atoms. The molecule has 4 aliphatic carbocycles. The summed E-state index contributed by atoms with van der Waals surface area (Å²) in [5, 5.41) is 14.4. The number of carbonyl (C=O) groups excluding carboxylic acids is 1. The number of amides is 1. The van der Waals surface area contributed by atoms with Crippen LogP contribution in [0.25, 0.3) is 0 Å². The van der Waals surface area contributed by atoms with E-state index in [0.717, 1.165) is 32.2 Å². The summed E-state index contributed by atoms with van der Waals surface area (Å²) in [6.45, 7) is 1.68. The average molecular weight is 385 g/mol. The van der Waals surface area contributed by atoms with Crippen LogP contribution in [0.4, 0.5) is 0 Å². The number of aliphatic hydroxyl groups is 1. The van der Waals surface area contributed by atoms with Crippen LogP contribution in [0.5, 0.6) is 0 Å². The van der Waals surface area contributed by atoms with Crippen molar-refractivity contribution in [2.24, 2.45) is 17.8 Å². The van der Waals surface area contributed by atoms with Gasteiger partial charge in [-0.05, 0) is 67.4 Å². The zero-order chi connectivity index (χ0) is 19.3. The minimum absolute atomic E-state index is 0.00320. The Labute approximate surface area is 167 Å². The largest absolute Gasteiger partial charge is 0.390 e. The monoisotopic (exact) mass is 384 g/mol. The second kappa shape index (κ2) is 7.12. The van der Waals surface area contributed by atoms with E-state index >= 15 is 0 Å². The van der Waals surface area contributed by atoms with Gasteiger partial charge in [0.1, 0.15) is 0 Å². The van der Waals surface area contributed by atoms with Crippen molar-refractivity contribution in [2.45, 2.75) is 56.2 Å². The van der Waals surface area contributed by atoms with Gasteiger partial charge in [-0.1, -0.05) is 24.3 Å². The maximum atomic E-state index is 13.2. The molecule has 28 heavy (non-hydrogen) atoms. The SMILES string of the molecule is COCC1c2ccccc2CCN1C(=O)CNC1C2CC3CC1CC(O)(C3)C2. The van der Waals surface area contributed by atoms with Gasteiger partial charge in [-0.3, -0.25) is 4.79 Å². The zero-order valence-corrected chi connectivity index (χ0v) is 16.8. The van der Waals surface area contributed by atoms with Crippen LogP contribution in [0, 0.1) is 17.8 Å². The first kappa shape index (κ1) is 18.6. The summed E-state index contributed by atoms with van der Waals surface area (Å²) < 4.78 is 5.46. The summed E-state index contributed by atoms with van der Waals surface area (Å²) in [6, 6.07) is 8.80. The molecule has 4 fully saturated rings. The molecule has 4 saturated carbocycles. The third-order valence-electron chi connectivity index (χ3n) is 7.79. The molecule has 5 aliphatic rings. The third kappa shape index (κ3) is 3.17. The molecule has 152 valence electrons. The minimum atomic E-state index is -0.418. The number of rotatable bonds is 5. The normalized spacial score (nSPS) is 38.5. The first-order valence-electron chi connectivity index (χ1n) is 10.9. The second-order valence-electron chi connectivity index (χ2n) is 9.61. The van der Waals surface area contributed by atoms with E-state index < -0.39 is 5.60 Å². The van der Waals surface area contributed by atoms with Gasteiger partial charge >= 0.3 is 0 Å². The molecule has 3 unspecified atom stereocenters. The molecule has 2 N–H and O–H groups in total. The molecule has 3 atom stereocenters. The first-order chi connectivity index (χ1) is 13.6. The van der Waals surface area contributed by atoms with Gasteiger partial charge in [-0.15, -0.1) is 0 Å². The van der Waals surface area contributed by atoms with E-state index in [1.807, 2.05) is 11.0 Å². The molecule has 4 bridgehead atoms. The van der Waals surface area contributed by atoms with Gasteiger partial charge in [0.15, 0.2) is 0 Å². The molecule has 1 amide bonds. The van der Waals surface area contributed by atoms with E-state index in [9.17, 15) is 9.90 Å². The van der Waals surface area contributed by atoms with Gasteiger partial charge in [0.05, 0.1) is 24.8 Å². The lowest BCUT2D eigenvalue weighted by Gasteiger charge is -2.58. The Kier molecular flexibility index (Phi) is 4.73. The van der Waals surface area contributed by atoms with Gasteiger partial charge in [0.2, 0.25) is 5.91 Å². The van der Waals surface area contributed by atoms with E-state index in [-0.39, 0.29) is 11.9 Å². The summed E-state index contributed by atoms with van der Waals surface area (Å²) in [5.41, 5.74) is 2.13. The minimum Gasteiger partial charge on any atom is -0.390 e. The van der Waals surface area contributed by atoms with Crippen molar-refractivity contribution in [2.75, 3.05) is 26.8 Å². The van der Waals surface area contributed by atoms with E-state index in [2.05, 4.69) is 23.5 Å². The molecule has 1 aliphatic heterocycles. The van der Waals surface area contributed by atoms with Crippen LogP contribution < -0.4 is 5.32 Å². The molecule has 6 rings (SSSR count). The maximum Gasteiger partial charge on any atom is 0.237 e. The van der Waals surface area contributed by atoms with Crippen LogP contribution in [-0.2, 0) is 16.0 Å². The molecule has 1 aromatic carbocycles. The van der Waals surface area contributed by atoms with Gasteiger partial charge in [0, 0.05) is 19.7 Å². The highest BCUT2D eigenvalue weighted by atomic mass is 16.5. The van der Waals surface area contributed by atoms with Crippen LogP contribution in [0.15, 0.2) is 24.3 Å². The van der Waals surface area contributed by atoms with Gasteiger partial charge in [-0.2, -0.15) is 0 Å².